The van der Waals surface area contributed by atoms with Gasteiger partial charge in [-0.05, 0) is 62.4 Å². The van der Waals surface area contributed by atoms with E-state index in [0.29, 0.717) is 16.5 Å². The Morgan fingerprint density at radius 3 is 2.53 bits per heavy atom. The first-order valence-corrected chi connectivity index (χ1v) is 12.0. The molecular formula is C25H27N3O3S. The van der Waals surface area contributed by atoms with E-state index in [2.05, 4.69) is 40.5 Å². The second kappa shape index (κ2) is 9.00. The fraction of sp³-hybridized carbons (Fsp3) is 0.400. The van der Waals surface area contributed by atoms with E-state index >= 15 is 0 Å². The Morgan fingerprint density at radius 1 is 1.09 bits per heavy atom. The Bertz CT molecular complexity index is 1130. The third-order valence-corrected chi connectivity index (χ3v) is 7.50. The van der Waals surface area contributed by atoms with Gasteiger partial charge in [0.2, 0.25) is 5.91 Å². The number of hydrogen-bond acceptors (Lipinski definition) is 6. The van der Waals surface area contributed by atoms with Gasteiger partial charge in [-0.15, -0.1) is 11.3 Å². The summed E-state index contributed by atoms with van der Waals surface area (Å²) in [6.45, 7) is 2.87. The number of carbonyl (C=O) groups excluding carboxylic acids is 2. The number of piperidine rings is 1. The van der Waals surface area contributed by atoms with Gasteiger partial charge in [-0.2, -0.15) is 0 Å². The molecule has 0 spiro atoms. The number of pyridine rings is 1. The molecule has 2 aliphatic rings. The van der Waals surface area contributed by atoms with Crippen LogP contribution in [-0.2, 0) is 16.1 Å². The number of methoxy groups -OCH3 is 1. The normalized spacial score (nSPS) is 17.4. The molecule has 7 heteroatoms. The van der Waals surface area contributed by atoms with Crippen LogP contribution in [0.3, 0.4) is 0 Å². The van der Waals surface area contributed by atoms with Crippen molar-refractivity contribution >= 4 is 39.1 Å². The molecule has 1 saturated heterocycles. The van der Waals surface area contributed by atoms with Gasteiger partial charge in [0.15, 0.2) is 0 Å². The van der Waals surface area contributed by atoms with Crippen molar-refractivity contribution < 1.29 is 14.3 Å². The molecule has 0 bridgehead atoms. The second-order valence-corrected chi connectivity index (χ2v) is 9.68. The molecule has 2 fully saturated rings. The Morgan fingerprint density at radius 2 is 1.84 bits per heavy atom. The zero-order chi connectivity index (χ0) is 22.1. The molecule has 1 aromatic carbocycles. The van der Waals surface area contributed by atoms with Gasteiger partial charge in [0, 0.05) is 17.8 Å². The molecule has 166 valence electrons. The summed E-state index contributed by atoms with van der Waals surface area (Å²) in [4.78, 5) is 33.1. The van der Waals surface area contributed by atoms with Crippen LogP contribution >= 0.6 is 11.3 Å². The summed E-state index contributed by atoms with van der Waals surface area (Å²) in [5, 5.41) is 3.75. The number of hydrogen-bond donors (Lipinski definition) is 1. The number of amides is 1. The molecular weight excluding hydrogens is 422 g/mol. The molecule has 1 aliphatic carbocycles. The number of carbonyl (C=O) groups is 2. The minimum atomic E-state index is -0.441. The third-order valence-electron chi connectivity index (χ3n) is 6.42. The lowest BCUT2D eigenvalue weighted by Crippen LogP contribution is -2.32. The molecule has 32 heavy (non-hydrogen) atoms. The van der Waals surface area contributed by atoms with Gasteiger partial charge >= 0.3 is 5.97 Å². The molecule has 1 aliphatic heterocycles. The molecule has 5 rings (SSSR count). The maximum Gasteiger partial charge on any atom is 0.350 e. The van der Waals surface area contributed by atoms with Crippen LogP contribution in [0.1, 0.15) is 52.5 Å². The van der Waals surface area contributed by atoms with E-state index in [1.54, 1.807) is 0 Å². The van der Waals surface area contributed by atoms with Crippen molar-refractivity contribution in [3.63, 3.8) is 0 Å². The van der Waals surface area contributed by atoms with E-state index in [0.717, 1.165) is 61.2 Å². The van der Waals surface area contributed by atoms with Crippen LogP contribution in [0.4, 0.5) is 5.69 Å². The number of nitrogens with one attached hydrogen (secondary N) is 1. The van der Waals surface area contributed by atoms with Crippen molar-refractivity contribution in [2.24, 2.45) is 5.92 Å². The molecule has 1 saturated carbocycles. The van der Waals surface area contributed by atoms with Crippen molar-refractivity contribution in [1.82, 2.24) is 9.88 Å². The predicted octanol–water partition coefficient (Wildman–Crippen LogP) is 4.81. The lowest BCUT2D eigenvalue weighted by Gasteiger charge is -2.32. The molecule has 3 heterocycles. The SMILES string of the molecule is COC(=O)c1sc2nc(CN3CCC(c4ccccc4)CC3)ccc2c1NC(=O)C1CC1. The van der Waals surface area contributed by atoms with Gasteiger partial charge in [-0.25, -0.2) is 9.78 Å². The Balaban J connectivity index is 1.31. The standard InChI is InChI=1S/C25H27N3O3S/c1-31-25(30)22-21(27-23(29)18-7-8-18)20-10-9-19(26-24(20)32-22)15-28-13-11-17(12-14-28)16-5-3-2-4-6-16/h2-6,9-10,17-18H,7-8,11-15H2,1H3,(H,27,29). The number of anilines is 1. The molecule has 1 N–H and O–H groups in total. The zero-order valence-electron chi connectivity index (χ0n) is 18.2. The largest absolute Gasteiger partial charge is 0.465 e. The summed E-state index contributed by atoms with van der Waals surface area (Å²) in [5.41, 5.74) is 2.95. The van der Waals surface area contributed by atoms with Gasteiger partial charge in [0.05, 0.1) is 18.5 Å². The highest BCUT2D eigenvalue weighted by atomic mass is 32.1. The van der Waals surface area contributed by atoms with Crippen LogP contribution in [0.25, 0.3) is 10.2 Å². The molecule has 0 unspecified atom stereocenters. The number of likely N-dealkylation sites (tertiary alicyclic amines) is 1. The van der Waals surface area contributed by atoms with E-state index in [1.165, 1.54) is 24.0 Å². The number of aromatic nitrogens is 1. The topological polar surface area (TPSA) is 71.5 Å². The summed E-state index contributed by atoms with van der Waals surface area (Å²) in [7, 11) is 1.36. The minimum absolute atomic E-state index is 0.0276. The average molecular weight is 450 g/mol. The summed E-state index contributed by atoms with van der Waals surface area (Å²) < 4.78 is 4.95. The van der Waals surface area contributed by atoms with E-state index < -0.39 is 5.97 Å². The lowest BCUT2D eigenvalue weighted by atomic mass is 9.89. The Labute approximate surface area is 191 Å². The monoisotopic (exact) mass is 449 g/mol. The highest BCUT2D eigenvalue weighted by Crippen LogP contribution is 2.38. The number of esters is 1. The van der Waals surface area contributed by atoms with Gasteiger partial charge < -0.3 is 10.1 Å². The van der Waals surface area contributed by atoms with Gasteiger partial charge in [-0.1, -0.05) is 30.3 Å². The van der Waals surface area contributed by atoms with Gasteiger partial charge in [-0.3, -0.25) is 9.69 Å². The third kappa shape index (κ3) is 4.40. The highest BCUT2D eigenvalue weighted by molar-refractivity contribution is 7.21. The van der Waals surface area contributed by atoms with E-state index in [9.17, 15) is 9.59 Å². The van der Waals surface area contributed by atoms with E-state index in [1.807, 2.05) is 12.1 Å². The van der Waals surface area contributed by atoms with Crippen LogP contribution in [0.5, 0.6) is 0 Å². The first kappa shape index (κ1) is 21.1. The Hall–Kier alpha value is -2.77. The summed E-state index contributed by atoms with van der Waals surface area (Å²) >= 11 is 1.29. The highest BCUT2D eigenvalue weighted by Gasteiger charge is 2.32. The number of rotatable bonds is 6. The van der Waals surface area contributed by atoms with Crippen molar-refractivity contribution in [2.45, 2.75) is 38.1 Å². The molecule has 0 radical (unpaired) electrons. The smallest absolute Gasteiger partial charge is 0.350 e. The maximum atomic E-state index is 12.4. The minimum Gasteiger partial charge on any atom is -0.465 e. The van der Waals surface area contributed by atoms with E-state index in [4.69, 9.17) is 9.72 Å². The maximum absolute atomic E-state index is 12.4. The number of thiophene rings is 1. The van der Waals surface area contributed by atoms with Crippen LogP contribution in [0, 0.1) is 5.92 Å². The van der Waals surface area contributed by atoms with Crippen LogP contribution in [-0.4, -0.2) is 42.0 Å². The van der Waals surface area contributed by atoms with Crippen molar-refractivity contribution in [1.29, 1.82) is 0 Å². The molecule has 3 aromatic rings. The van der Waals surface area contributed by atoms with Crippen molar-refractivity contribution in [3.8, 4) is 0 Å². The van der Waals surface area contributed by atoms with Crippen LogP contribution in [0.15, 0.2) is 42.5 Å². The molecule has 6 nitrogen and oxygen atoms in total. The number of ether oxygens (including phenoxy) is 1. The average Bonchev–Trinajstić information content (AvgIpc) is 3.63. The predicted molar refractivity (Wildman–Crippen MR) is 126 cm³/mol. The molecule has 2 aromatic heterocycles. The van der Waals surface area contributed by atoms with E-state index in [-0.39, 0.29) is 11.8 Å². The van der Waals surface area contributed by atoms with Gasteiger partial charge in [0.25, 0.3) is 0 Å². The van der Waals surface area contributed by atoms with Crippen LogP contribution < -0.4 is 5.32 Å². The van der Waals surface area contributed by atoms with Crippen LogP contribution in [0.2, 0.25) is 0 Å². The molecule has 1 amide bonds. The summed E-state index contributed by atoms with van der Waals surface area (Å²) in [5.74, 6) is 0.214. The first-order valence-electron chi connectivity index (χ1n) is 11.2. The molecule has 0 atom stereocenters. The quantitative estimate of drug-likeness (QED) is 0.547. The fourth-order valence-corrected chi connectivity index (χ4v) is 5.48. The second-order valence-electron chi connectivity index (χ2n) is 8.68. The first-order chi connectivity index (χ1) is 15.6. The summed E-state index contributed by atoms with van der Waals surface area (Å²) in [6, 6.07) is 14.7. The van der Waals surface area contributed by atoms with Crippen molar-refractivity contribution in [2.75, 3.05) is 25.5 Å². The Kier molecular flexibility index (Phi) is 5.93. The van der Waals surface area contributed by atoms with Crippen molar-refractivity contribution in [3.05, 3.63) is 58.6 Å². The fourth-order valence-electron chi connectivity index (χ4n) is 4.41. The number of nitrogens with zero attached hydrogens (tertiary/aromatic N) is 2. The summed E-state index contributed by atoms with van der Waals surface area (Å²) in [6.07, 6.45) is 4.11. The van der Waals surface area contributed by atoms with Gasteiger partial charge in [0.1, 0.15) is 9.71 Å². The number of benzene rings is 1. The lowest BCUT2D eigenvalue weighted by molar-refractivity contribution is -0.117. The zero-order valence-corrected chi connectivity index (χ0v) is 19.0. The number of fused-ring (bicyclic) bond motifs is 1.